The Kier molecular flexibility index (Phi) is 3.40. The number of thioether (sulfide) groups is 1. The van der Waals surface area contributed by atoms with E-state index >= 15 is 0 Å². The number of hydrogen-bond acceptors (Lipinski definition) is 4. The van der Waals surface area contributed by atoms with Crippen LogP contribution >= 0.6 is 11.8 Å². The van der Waals surface area contributed by atoms with Crippen molar-refractivity contribution in [3.05, 3.63) is 47.6 Å². The Morgan fingerprint density at radius 2 is 2.07 bits per heavy atom. The highest BCUT2D eigenvalue weighted by atomic mass is 32.2. The van der Waals surface area contributed by atoms with E-state index in [2.05, 4.69) is 22.3 Å². The van der Waals surface area contributed by atoms with E-state index in [1.165, 1.54) is 5.56 Å². The Labute approximate surface area is 92.9 Å². The number of rotatable bonds is 4. The lowest BCUT2D eigenvalue weighted by molar-refractivity contribution is 0.381. The molecule has 0 saturated heterocycles. The summed E-state index contributed by atoms with van der Waals surface area (Å²) in [5, 5.41) is 3.90. The van der Waals surface area contributed by atoms with Gasteiger partial charge in [-0.25, -0.2) is 0 Å². The number of aromatic nitrogens is 2. The van der Waals surface area contributed by atoms with Crippen molar-refractivity contribution in [3.63, 3.8) is 0 Å². The van der Waals surface area contributed by atoms with Crippen LogP contribution in [0.4, 0.5) is 0 Å². The molecule has 0 spiro atoms. The molecular formula is C11H12N2OS. The Hall–Kier alpha value is -1.29. The molecule has 1 aromatic carbocycles. The van der Waals surface area contributed by atoms with Crippen LogP contribution in [0.2, 0.25) is 0 Å². The van der Waals surface area contributed by atoms with Gasteiger partial charge in [-0.3, -0.25) is 0 Å². The summed E-state index contributed by atoms with van der Waals surface area (Å²) in [6.07, 6.45) is 2.73. The first-order valence-electron chi connectivity index (χ1n) is 4.73. The zero-order valence-corrected chi connectivity index (χ0v) is 9.33. The fraction of sp³-hybridized carbons (Fsp3) is 0.273. The topological polar surface area (TPSA) is 38.9 Å². The standard InChI is InChI=1S/C11H12N2OS/c1-15-8-10-12-11(14-13-10)7-9-5-3-2-4-6-9/h2-6H,7-8H2,1H3. The van der Waals surface area contributed by atoms with E-state index in [-0.39, 0.29) is 0 Å². The van der Waals surface area contributed by atoms with Gasteiger partial charge in [0.25, 0.3) is 0 Å². The van der Waals surface area contributed by atoms with Crippen LogP contribution < -0.4 is 0 Å². The number of benzene rings is 1. The largest absolute Gasteiger partial charge is 0.339 e. The number of hydrogen-bond donors (Lipinski definition) is 0. The van der Waals surface area contributed by atoms with Gasteiger partial charge in [0, 0.05) is 0 Å². The predicted molar refractivity (Wildman–Crippen MR) is 60.8 cm³/mol. The van der Waals surface area contributed by atoms with E-state index in [0.29, 0.717) is 12.3 Å². The molecule has 1 heterocycles. The normalized spacial score (nSPS) is 10.5. The zero-order chi connectivity index (χ0) is 10.5. The van der Waals surface area contributed by atoms with Crippen molar-refractivity contribution in [2.45, 2.75) is 12.2 Å². The van der Waals surface area contributed by atoms with Gasteiger partial charge in [-0.2, -0.15) is 16.7 Å². The van der Waals surface area contributed by atoms with Crippen molar-refractivity contribution in [3.8, 4) is 0 Å². The summed E-state index contributed by atoms with van der Waals surface area (Å²) in [7, 11) is 0. The average Bonchev–Trinajstić information content (AvgIpc) is 2.68. The van der Waals surface area contributed by atoms with E-state index in [0.717, 1.165) is 11.6 Å². The predicted octanol–water partition coefficient (Wildman–Crippen LogP) is 2.52. The molecule has 4 heteroatoms. The highest BCUT2D eigenvalue weighted by Gasteiger charge is 2.05. The Bertz CT molecular complexity index is 414. The summed E-state index contributed by atoms with van der Waals surface area (Å²) in [6, 6.07) is 10.1. The fourth-order valence-electron chi connectivity index (χ4n) is 1.32. The van der Waals surface area contributed by atoms with Crippen LogP contribution in [-0.2, 0) is 12.2 Å². The lowest BCUT2D eigenvalue weighted by Crippen LogP contribution is -1.88. The van der Waals surface area contributed by atoms with Crippen molar-refractivity contribution in [2.24, 2.45) is 0 Å². The van der Waals surface area contributed by atoms with E-state index in [4.69, 9.17) is 4.52 Å². The maximum atomic E-state index is 5.15. The summed E-state index contributed by atoms with van der Waals surface area (Å²) in [5.74, 6) is 2.26. The van der Waals surface area contributed by atoms with Crippen LogP contribution in [-0.4, -0.2) is 16.4 Å². The lowest BCUT2D eigenvalue weighted by atomic mass is 10.1. The summed E-state index contributed by atoms with van der Waals surface area (Å²) in [6.45, 7) is 0. The van der Waals surface area contributed by atoms with Gasteiger partial charge < -0.3 is 4.52 Å². The fourth-order valence-corrected chi connectivity index (χ4v) is 1.70. The quantitative estimate of drug-likeness (QED) is 0.793. The Morgan fingerprint density at radius 3 is 2.80 bits per heavy atom. The van der Waals surface area contributed by atoms with Gasteiger partial charge in [-0.1, -0.05) is 35.5 Å². The van der Waals surface area contributed by atoms with Gasteiger partial charge in [-0.05, 0) is 11.8 Å². The molecule has 0 unspecified atom stereocenters. The maximum absolute atomic E-state index is 5.15. The van der Waals surface area contributed by atoms with Crippen LogP contribution in [0.5, 0.6) is 0 Å². The van der Waals surface area contributed by atoms with Gasteiger partial charge in [0.15, 0.2) is 5.82 Å². The summed E-state index contributed by atoms with van der Waals surface area (Å²) in [4.78, 5) is 4.30. The third-order valence-electron chi connectivity index (χ3n) is 1.98. The van der Waals surface area contributed by atoms with Crippen molar-refractivity contribution >= 4 is 11.8 Å². The van der Waals surface area contributed by atoms with Gasteiger partial charge in [0.05, 0.1) is 12.2 Å². The first-order chi connectivity index (χ1) is 7.38. The minimum atomic E-state index is 0.685. The third-order valence-corrected chi connectivity index (χ3v) is 2.53. The second kappa shape index (κ2) is 4.98. The van der Waals surface area contributed by atoms with E-state index in [9.17, 15) is 0 Å². The maximum Gasteiger partial charge on any atom is 0.231 e. The molecule has 0 aliphatic carbocycles. The van der Waals surface area contributed by atoms with Crippen LogP contribution in [0.1, 0.15) is 17.3 Å². The van der Waals surface area contributed by atoms with Crippen molar-refractivity contribution in [1.82, 2.24) is 10.1 Å². The lowest BCUT2D eigenvalue weighted by Gasteiger charge is -1.93. The monoisotopic (exact) mass is 220 g/mol. The zero-order valence-electron chi connectivity index (χ0n) is 8.51. The SMILES string of the molecule is CSCc1noc(Cc2ccccc2)n1. The van der Waals surface area contributed by atoms with E-state index in [1.807, 2.05) is 24.5 Å². The molecule has 1 aromatic heterocycles. The molecule has 2 aromatic rings. The molecule has 0 aliphatic heterocycles. The smallest absolute Gasteiger partial charge is 0.231 e. The molecule has 0 atom stereocenters. The summed E-state index contributed by atoms with van der Waals surface area (Å²) >= 11 is 1.69. The third kappa shape index (κ3) is 2.83. The van der Waals surface area contributed by atoms with Gasteiger partial charge in [0.2, 0.25) is 5.89 Å². The molecule has 0 amide bonds. The van der Waals surface area contributed by atoms with Gasteiger partial charge in [0.1, 0.15) is 0 Å². The molecule has 3 nitrogen and oxygen atoms in total. The molecule has 78 valence electrons. The second-order valence-electron chi connectivity index (χ2n) is 3.20. The highest BCUT2D eigenvalue weighted by molar-refractivity contribution is 7.97. The van der Waals surface area contributed by atoms with Crippen LogP contribution in [0, 0.1) is 0 Å². The minimum absolute atomic E-state index is 0.685. The molecule has 0 N–H and O–H groups in total. The molecule has 0 fully saturated rings. The molecule has 15 heavy (non-hydrogen) atoms. The van der Waals surface area contributed by atoms with E-state index in [1.54, 1.807) is 11.8 Å². The Morgan fingerprint density at radius 1 is 1.27 bits per heavy atom. The first-order valence-corrected chi connectivity index (χ1v) is 6.12. The van der Waals surface area contributed by atoms with Crippen LogP contribution in [0.25, 0.3) is 0 Å². The van der Waals surface area contributed by atoms with Gasteiger partial charge >= 0.3 is 0 Å². The highest BCUT2D eigenvalue weighted by Crippen LogP contribution is 2.09. The van der Waals surface area contributed by atoms with Crippen molar-refractivity contribution in [2.75, 3.05) is 6.26 Å². The van der Waals surface area contributed by atoms with Gasteiger partial charge in [-0.15, -0.1) is 0 Å². The van der Waals surface area contributed by atoms with Crippen molar-refractivity contribution in [1.29, 1.82) is 0 Å². The summed E-state index contributed by atoms with van der Waals surface area (Å²) in [5.41, 5.74) is 1.19. The second-order valence-corrected chi connectivity index (χ2v) is 4.07. The van der Waals surface area contributed by atoms with E-state index < -0.39 is 0 Å². The van der Waals surface area contributed by atoms with Crippen LogP contribution in [0.3, 0.4) is 0 Å². The van der Waals surface area contributed by atoms with Crippen LogP contribution in [0.15, 0.2) is 34.9 Å². The molecule has 0 saturated carbocycles. The molecule has 0 radical (unpaired) electrons. The first kappa shape index (κ1) is 10.2. The molecule has 0 bridgehead atoms. The molecule has 0 aliphatic rings. The molecule has 2 rings (SSSR count). The number of nitrogens with zero attached hydrogens (tertiary/aromatic N) is 2. The average molecular weight is 220 g/mol. The van der Waals surface area contributed by atoms with Crippen molar-refractivity contribution < 1.29 is 4.52 Å². The molecular weight excluding hydrogens is 208 g/mol. The Balaban J connectivity index is 2.05. The minimum Gasteiger partial charge on any atom is -0.339 e. The summed E-state index contributed by atoms with van der Waals surface area (Å²) < 4.78 is 5.15.